The number of aromatic nitrogens is 4. The molecule has 11 heteroatoms. The highest BCUT2D eigenvalue weighted by Gasteiger charge is 2.15. The summed E-state index contributed by atoms with van der Waals surface area (Å²) in [7, 11) is 0. The minimum Gasteiger partial charge on any atom is -0.477 e. The SMILES string of the molecule is CCCn1c(=O)nc(Nc2ccc(Oc3ccc(C(=O)O)nc3)c(C)c2)n(Cc2ccc(F)cc2)c1=O. The summed E-state index contributed by atoms with van der Waals surface area (Å²) in [6.45, 7) is 3.96. The third kappa shape index (κ3) is 5.89. The quantitative estimate of drug-likeness (QED) is 0.350. The summed E-state index contributed by atoms with van der Waals surface area (Å²) >= 11 is 0. The molecule has 0 atom stereocenters. The zero-order chi connectivity index (χ0) is 26.5. The van der Waals surface area contributed by atoms with Crippen LogP contribution in [0.4, 0.5) is 16.0 Å². The lowest BCUT2D eigenvalue weighted by atomic mass is 10.2. The molecule has 0 aliphatic carbocycles. The molecule has 0 bridgehead atoms. The standard InChI is InChI=1S/C26H24FN5O5/c1-3-12-31-25(35)30-24(32(26(31)36)15-17-4-6-18(27)7-5-17)29-19-8-11-22(16(2)13-19)37-20-9-10-21(23(33)34)28-14-20/h4-11,13-14H,3,12,15H2,1-2H3,(H,33,34)(H,29,30,35). The minimum absolute atomic E-state index is 0.0493. The van der Waals surface area contributed by atoms with E-state index in [4.69, 9.17) is 9.84 Å². The number of carbonyl (C=O) groups is 1. The van der Waals surface area contributed by atoms with Gasteiger partial charge in [0.1, 0.15) is 23.0 Å². The molecule has 0 amide bonds. The average molecular weight is 506 g/mol. The Morgan fingerprint density at radius 1 is 1.08 bits per heavy atom. The van der Waals surface area contributed by atoms with E-state index >= 15 is 0 Å². The Kier molecular flexibility index (Phi) is 7.42. The van der Waals surface area contributed by atoms with Crippen molar-refractivity contribution in [3.63, 3.8) is 0 Å². The topological polar surface area (TPSA) is 128 Å². The number of hydrogen-bond donors (Lipinski definition) is 2. The van der Waals surface area contributed by atoms with Crippen LogP contribution in [0, 0.1) is 12.7 Å². The molecule has 2 aromatic carbocycles. The number of aryl methyl sites for hydroxylation is 1. The maximum Gasteiger partial charge on any atom is 0.354 e. The first-order valence-corrected chi connectivity index (χ1v) is 11.5. The van der Waals surface area contributed by atoms with E-state index in [1.807, 2.05) is 6.92 Å². The number of halogens is 1. The average Bonchev–Trinajstić information content (AvgIpc) is 2.87. The van der Waals surface area contributed by atoms with Gasteiger partial charge in [-0.25, -0.2) is 28.3 Å². The van der Waals surface area contributed by atoms with Crippen LogP contribution in [0.15, 0.2) is 70.4 Å². The van der Waals surface area contributed by atoms with Crippen LogP contribution >= 0.6 is 0 Å². The van der Waals surface area contributed by atoms with Crippen molar-refractivity contribution in [1.29, 1.82) is 0 Å². The molecule has 4 rings (SSSR count). The lowest BCUT2D eigenvalue weighted by Gasteiger charge is -2.16. The summed E-state index contributed by atoms with van der Waals surface area (Å²) < 4.78 is 21.6. The molecule has 2 aromatic heterocycles. The van der Waals surface area contributed by atoms with Gasteiger partial charge in [-0.3, -0.25) is 4.57 Å². The number of aromatic carboxylic acids is 1. The van der Waals surface area contributed by atoms with Gasteiger partial charge in [0.15, 0.2) is 0 Å². The number of nitrogens with one attached hydrogen (secondary N) is 1. The molecule has 0 aliphatic heterocycles. The number of carboxylic acid groups (broad SMARTS) is 1. The van der Waals surface area contributed by atoms with E-state index in [-0.39, 0.29) is 24.7 Å². The van der Waals surface area contributed by atoms with Crippen molar-refractivity contribution in [2.24, 2.45) is 0 Å². The second kappa shape index (κ2) is 10.9. The second-order valence-electron chi connectivity index (χ2n) is 8.26. The zero-order valence-electron chi connectivity index (χ0n) is 20.1. The Hall–Kier alpha value is -4.80. The molecule has 2 N–H and O–H groups in total. The van der Waals surface area contributed by atoms with Crippen LogP contribution in [0.5, 0.6) is 11.5 Å². The first-order chi connectivity index (χ1) is 17.7. The van der Waals surface area contributed by atoms with Crippen molar-refractivity contribution in [3.05, 3.63) is 104 Å². The number of carboxylic acids is 1. The third-order valence-corrected chi connectivity index (χ3v) is 5.47. The molecule has 0 radical (unpaired) electrons. The molecule has 10 nitrogen and oxygen atoms in total. The fraction of sp³-hybridized carbons (Fsp3) is 0.192. The molecule has 0 aliphatic rings. The van der Waals surface area contributed by atoms with Crippen LogP contribution in [0.2, 0.25) is 0 Å². The molecule has 4 aromatic rings. The van der Waals surface area contributed by atoms with E-state index in [2.05, 4.69) is 15.3 Å². The van der Waals surface area contributed by atoms with E-state index in [1.54, 1.807) is 37.3 Å². The van der Waals surface area contributed by atoms with Crippen LogP contribution < -0.4 is 21.4 Å². The summed E-state index contributed by atoms with van der Waals surface area (Å²) in [5, 5.41) is 12.0. The van der Waals surface area contributed by atoms with Gasteiger partial charge in [0, 0.05) is 12.2 Å². The van der Waals surface area contributed by atoms with Gasteiger partial charge in [0.05, 0.1) is 12.7 Å². The number of nitrogens with zero attached hydrogens (tertiary/aromatic N) is 4. The fourth-order valence-electron chi connectivity index (χ4n) is 3.62. The molecule has 0 saturated carbocycles. The van der Waals surface area contributed by atoms with Gasteiger partial charge in [0.2, 0.25) is 5.95 Å². The zero-order valence-corrected chi connectivity index (χ0v) is 20.1. The van der Waals surface area contributed by atoms with Gasteiger partial charge in [-0.2, -0.15) is 4.98 Å². The Bertz CT molecular complexity index is 1550. The first-order valence-electron chi connectivity index (χ1n) is 11.5. The van der Waals surface area contributed by atoms with Crippen LogP contribution in [0.1, 0.15) is 35.0 Å². The second-order valence-corrected chi connectivity index (χ2v) is 8.26. The predicted molar refractivity (Wildman–Crippen MR) is 134 cm³/mol. The van der Waals surface area contributed by atoms with Crippen molar-refractivity contribution in [3.8, 4) is 11.5 Å². The summed E-state index contributed by atoms with van der Waals surface area (Å²) in [6.07, 6.45) is 1.90. The van der Waals surface area contributed by atoms with Crippen LogP contribution in [-0.4, -0.2) is 30.2 Å². The summed E-state index contributed by atoms with van der Waals surface area (Å²) in [5.41, 5.74) is 0.651. The largest absolute Gasteiger partial charge is 0.477 e. The van der Waals surface area contributed by atoms with Crippen LogP contribution in [0.3, 0.4) is 0 Å². The Labute approximate surface area is 210 Å². The molecule has 0 saturated heterocycles. The van der Waals surface area contributed by atoms with E-state index in [0.29, 0.717) is 29.2 Å². The molecule has 2 heterocycles. The van der Waals surface area contributed by atoms with Crippen molar-refractivity contribution >= 4 is 17.6 Å². The monoisotopic (exact) mass is 505 g/mol. The highest BCUT2D eigenvalue weighted by atomic mass is 19.1. The third-order valence-electron chi connectivity index (χ3n) is 5.47. The van der Waals surface area contributed by atoms with Crippen LogP contribution in [-0.2, 0) is 13.1 Å². The van der Waals surface area contributed by atoms with E-state index in [9.17, 15) is 18.8 Å². The molecule has 190 valence electrons. The Balaban J connectivity index is 1.63. The molecular weight excluding hydrogens is 481 g/mol. The summed E-state index contributed by atoms with van der Waals surface area (Å²) in [4.78, 5) is 44.6. The number of hydrogen-bond acceptors (Lipinski definition) is 7. The summed E-state index contributed by atoms with van der Waals surface area (Å²) in [5.74, 6) is -0.608. The van der Waals surface area contributed by atoms with Crippen molar-refractivity contribution in [2.75, 3.05) is 5.32 Å². The lowest BCUT2D eigenvalue weighted by molar-refractivity contribution is 0.0690. The summed E-state index contributed by atoms with van der Waals surface area (Å²) in [6, 6.07) is 13.7. The van der Waals surface area contributed by atoms with Gasteiger partial charge < -0.3 is 15.2 Å². The number of benzene rings is 2. The van der Waals surface area contributed by atoms with Crippen LogP contribution in [0.25, 0.3) is 0 Å². The van der Waals surface area contributed by atoms with Gasteiger partial charge >= 0.3 is 17.3 Å². The minimum atomic E-state index is -1.13. The molecular formula is C26H24FN5O5. The molecule has 0 fully saturated rings. The highest BCUT2D eigenvalue weighted by Crippen LogP contribution is 2.28. The first kappa shape index (κ1) is 25.3. The molecule has 37 heavy (non-hydrogen) atoms. The number of anilines is 2. The van der Waals surface area contributed by atoms with E-state index in [1.165, 1.54) is 35.0 Å². The van der Waals surface area contributed by atoms with Crippen molar-refractivity contribution in [2.45, 2.75) is 33.4 Å². The number of rotatable bonds is 9. The number of ether oxygens (including phenoxy) is 1. The maximum atomic E-state index is 13.4. The van der Waals surface area contributed by atoms with Gasteiger partial charge in [-0.05, 0) is 66.9 Å². The predicted octanol–water partition coefficient (Wildman–Crippen LogP) is 3.94. The van der Waals surface area contributed by atoms with E-state index < -0.39 is 23.2 Å². The molecule has 0 spiro atoms. The van der Waals surface area contributed by atoms with Gasteiger partial charge in [-0.1, -0.05) is 19.1 Å². The van der Waals surface area contributed by atoms with Crippen molar-refractivity contribution < 1.29 is 19.0 Å². The Morgan fingerprint density at radius 2 is 1.84 bits per heavy atom. The molecule has 0 unspecified atom stereocenters. The van der Waals surface area contributed by atoms with Crippen molar-refractivity contribution in [1.82, 2.24) is 19.1 Å². The Morgan fingerprint density at radius 3 is 2.46 bits per heavy atom. The van der Waals surface area contributed by atoms with Gasteiger partial charge in [0.25, 0.3) is 0 Å². The fourth-order valence-corrected chi connectivity index (χ4v) is 3.62. The lowest BCUT2D eigenvalue weighted by Crippen LogP contribution is -2.42. The smallest absolute Gasteiger partial charge is 0.354 e. The van der Waals surface area contributed by atoms with Gasteiger partial charge in [-0.15, -0.1) is 0 Å². The van der Waals surface area contributed by atoms with E-state index in [0.717, 1.165) is 10.1 Å². The maximum absolute atomic E-state index is 13.4. The normalized spacial score (nSPS) is 10.8. The highest BCUT2D eigenvalue weighted by molar-refractivity contribution is 5.85. The number of pyridine rings is 1.